The maximum Gasteiger partial charge on any atom is 0.416 e. The highest BCUT2D eigenvalue weighted by molar-refractivity contribution is 6.45. The molecule has 33 heavy (non-hydrogen) atoms. The number of imide groups is 1. The highest BCUT2D eigenvalue weighted by Gasteiger charge is 2.44. The second-order valence-electron chi connectivity index (χ2n) is 7.84. The van der Waals surface area contributed by atoms with Gasteiger partial charge in [0.2, 0.25) is 0 Å². The molecule has 2 heterocycles. The van der Waals surface area contributed by atoms with Gasteiger partial charge in [-0.2, -0.15) is 13.2 Å². The molecule has 4 rings (SSSR count). The maximum absolute atomic E-state index is 13.6. The Hall–Kier alpha value is -3.33. The van der Waals surface area contributed by atoms with Crippen LogP contribution in [-0.4, -0.2) is 61.4 Å². The Balaban J connectivity index is 1.78. The molecule has 0 bridgehead atoms. The number of carbonyl (C=O) groups excluding carboxylic acids is 2. The molecular weight excluding hydrogens is 435 g/mol. The van der Waals surface area contributed by atoms with Crippen molar-refractivity contribution in [2.24, 2.45) is 0 Å². The van der Waals surface area contributed by atoms with Crippen molar-refractivity contribution in [3.8, 4) is 5.75 Å². The Morgan fingerprint density at radius 2 is 1.55 bits per heavy atom. The van der Waals surface area contributed by atoms with Gasteiger partial charge in [-0.1, -0.05) is 25.1 Å². The topological polar surface area (TPSA) is 53.1 Å². The average molecular weight is 459 g/mol. The first kappa shape index (κ1) is 22.8. The number of piperazine rings is 1. The number of carbonyl (C=O) groups is 2. The molecule has 9 heteroatoms. The number of nitrogens with zero attached hydrogens (tertiary/aromatic N) is 3. The van der Waals surface area contributed by atoms with Gasteiger partial charge in [-0.3, -0.25) is 9.59 Å². The fraction of sp³-hybridized carbons (Fsp3) is 0.333. The second kappa shape index (κ2) is 8.90. The molecule has 6 nitrogen and oxygen atoms in total. The number of alkyl halides is 3. The second-order valence-corrected chi connectivity index (χ2v) is 7.84. The standard InChI is InChI=1S/C24H24F3N3O3/c1-3-28-12-14-29(15-13-28)21-20(18-6-4-5-7-19(18)33-2)22(31)30(23(21)32)17-10-8-16(9-11-17)24(25,26)27/h4-11H,3,12-15H2,1-2H3. The predicted octanol–water partition coefficient (Wildman–Crippen LogP) is 3.64. The fourth-order valence-corrected chi connectivity index (χ4v) is 4.23. The van der Waals surface area contributed by atoms with E-state index >= 15 is 0 Å². The van der Waals surface area contributed by atoms with Crippen LogP contribution in [0, 0.1) is 0 Å². The molecule has 0 atom stereocenters. The predicted molar refractivity (Wildman–Crippen MR) is 118 cm³/mol. The first-order valence-corrected chi connectivity index (χ1v) is 10.7. The zero-order chi connectivity index (χ0) is 23.8. The summed E-state index contributed by atoms with van der Waals surface area (Å²) in [6.07, 6.45) is -4.51. The number of benzene rings is 2. The number of rotatable bonds is 5. The van der Waals surface area contributed by atoms with Gasteiger partial charge in [0.15, 0.2) is 0 Å². The highest BCUT2D eigenvalue weighted by atomic mass is 19.4. The third-order valence-corrected chi connectivity index (χ3v) is 6.02. The lowest BCUT2D eigenvalue weighted by Crippen LogP contribution is -2.47. The number of ether oxygens (including phenoxy) is 1. The number of anilines is 1. The number of amides is 2. The molecule has 0 unspecified atom stereocenters. The van der Waals surface area contributed by atoms with Gasteiger partial charge >= 0.3 is 6.18 Å². The molecular formula is C24H24F3N3O3. The van der Waals surface area contributed by atoms with Gasteiger partial charge in [-0.25, -0.2) is 4.90 Å². The Labute approximate surface area is 189 Å². The number of hydrogen-bond acceptors (Lipinski definition) is 5. The van der Waals surface area contributed by atoms with Crippen molar-refractivity contribution < 1.29 is 27.5 Å². The van der Waals surface area contributed by atoms with Gasteiger partial charge in [-0.05, 0) is 36.9 Å². The third-order valence-electron chi connectivity index (χ3n) is 6.02. The van der Waals surface area contributed by atoms with Gasteiger partial charge in [0.1, 0.15) is 11.4 Å². The van der Waals surface area contributed by atoms with Crippen LogP contribution in [0.3, 0.4) is 0 Å². The summed E-state index contributed by atoms with van der Waals surface area (Å²) < 4.78 is 44.4. The minimum Gasteiger partial charge on any atom is -0.496 e. The molecule has 2 aromatic carbocycles. The summed E-state index contributed by atoms with van der Waals surface area (Å²) in [7, 11) is 1.48. The molecule has 2 amide bonds. The van der Waals surface area contributed by atoms with E-state index in [0.717, 1.165) is 48.8 Å². The molecule has 0 spiro atoms. The largest absolute Gasteiger partial charge is 0.496 e. The van der Waals surface area contributed by atoms with Gasteiger partial charge in [0.25, 0.3) is 11.8 Å². The normalized spacial score (nSPS) is 17.8. The highest BCUT2D eigenvalue weighted by Crippen LogP contribution is 2.39. The Morgan fingerprint density at radius 1 is 0.909 bits per heavy atom. The SMILES string of the molecule is CCN1CCN(C2=C(c3ccccc3OC)C(=O)N(c3ccc(C(F)(F)F)cc3)C2=O)CC1. The summed E-state index contributed by atoms with van der Waals surface area (Å²) in [5.74, 6) is -0.699. The zero-order valence-electron chi connectivity index (χ0n) is 18.4. The van der Waals surface area contributed by atoms with Crippen LogP contribution in [0.15, 0.2) is 54.2 Å². The molecule has 174 valence electrons. The number of halogens is 3. The maximum atomic E-state index is 13.6. The van der Waals surface area contributed by atoms with Crippen LogP contribution >= 0.6 is 0 Å². The Kier molecular flexibility index (Phi) is 6.16. The van der Waals surface area contributed by atoms with Crippen LogP contribution in [-0.2, 0) is 15.8 Å². The van der Waals surface area contributed by atoms with Gasteiger partial charge in [0, 0.05) is 31.7 Å². The van der Waals surface area contributed by atoms with E-state index in [9.17, 15) is 22.8 Å². The minimum absolute atomic E-state index is 0.0904. The van der Waals surface area contributed by atoms with Crippen molar-refractivity contribution in [3.05, 3.63) is 65.4 Å². The van der Waals surface area contributed by atoms with Crippen molar-refractivity contribution in [1.82, 2.24) is 9.80 Å². The Morgan fingerprint density at radius 3 is 2.12 bits per heavy atom. The minimum atomic E-state index is -4.51. The molecule has 0 N–H and O–H groups in total. The van der Waals surface area contributed by atoms with Gasteiger partial charge < -0.3 is 14.5 Å². The molecule has 1 saturated heterocycles. The zero-order valence-corrected chi connectivity index (χ0v) is 18.4. The lowest BCUT2D eigenvalue weighted by molar-refractivity contribution is -0.137. The quantitative estimate of drug-likeness (QED) is 0.640. The van der Waals surface area contributed by atoms with E-state index in [1.807, 2.05) is 4.90 Å². The van der Waals surface area contributed by atoms with Crippen LogP contribution in [0.5, 0.6) is 5.75 Å². The molecule has 0 aliphatic carbocycles. The summed E-state index contributed by atoms with van der Waals surface area (Å²) in [5.41, 5.74) is 0.162. The van der Waals surface area contributed by atoms with E-state index < -0.39 is 23.6 Å². The molecule has 2 aliphatic rings. The average Bonchev–Trinajstić information content (AvgIpc) is 3.08. The molecule has 0 aromatic heterocycles. The summed E-state index contributed by atoms with van der Waals surface area (Å²) in [4.78, 5) is 32.2. The summed E-state index contributed by atoms with van der Waals surface area (Å²) in [6, 6.07) is 11.0. The molecule has 2 aromatic rings. The molecule has 0 saturated carbocycles. The summed E-state index contributed by atoms with van der Waals surface area (Å²) >= 11 is 0. The summed E-state index contributed by atoms with van der Waals surface area (Å²) in [5, 5.41) is 0. The van der Waals surface area contributed by atoms with E-state index in [-0.39, 0.29) is 17.0 Å². The number of hydrogen-bond donors (Lipinski definition) is 0. The van der Waals surface area contributed by atoms with Crippen molar-refractivity contribution in [2.45, 2.75) is 13.1 Å². The van der Waals surface area contributed by atoms with Crippen LogP contribution in [0.1, 0.15) is 18.1 Å². The molecule has 2 aliphatic heterocycles. The Bertz CT molecular complexity index is 1090. The van der Waals surface area contributed by atoms with Crippen molar-refractivity contribution in [1.29, 1.82) is 0 Å². The first-order chi connectivity index (χ1) is 15.8. The molecule has 1 fully saturated rings. The van der Waals surface area contributed by atoms with E-state index in [1.165, 1.54) is 7.11 Å². The van der Waals surface area contributed by atoms with Crippen molar-refractivity contribution in [3.63, 3.8) is 0 Å². The lowest BCUT2D eigenvalue weighted by Gasteiger charge is -2.36. The van der Waals surface area contributed by atoms with Crippen LogP contribution < -0.4 is 9.64 Å². The van der Waals surface area contributed by atoms with E-state index in [4.69, 9.17) is 4.74 Å². The van der Waals surface area contributed by atoms with E-state index in [2.05, 4.69) is 11.8 Å². The summed E-state index contributed by atoms with van der Waals surface area (Å²) in [6.45, 7) is 5.54. The number of methoxy groups -OCH3 is 1. The lowest BCUT2D eigenvalue weighted by atomic mass is 10.0. The van der Waals surface area contributed by atoms with Crippen LogP contribution in [0.25, 0.3) is 5.57 Å². The fourth-order valence-electron chi connectivity index (χ4n) is 4.23. The first-order valence-electron chi connectivity index (χ1n) is 10.7. The monoisotopic (exact) mass is 459 g/mol. The smallest absolute Gasteiger partial charge is 0.416 e. The van der Waals surface area contributed by atoms with E-state index in [0.29, 0.717) is 24.4 Å². The van der Waals surface area contributed by atoms with Crippen LogP contribution in [0.2, 0.25) is 0 Å². The van der Waals surface area contributed by atoms with Gasteiger partial charge in [0.05, 0.1) is 23.9 Å². The number of likely N-dealkylation sites (N-methyl/N-ethyl adjacent to an activating group) is 1. The van der Waals surface area contributed by atoms with E-state index in [1.54, 1.807) is 24.3 Å². The van der Waals surface area contributed by atoms with Crippen molar-refractivity contribution >= 4 is 23.1 Å². The third kappa shape index (κ3) is 4.20. The van der Waals surface area contributed by atoms with Crippen LogP contribution in [0.4, 0.5) is 18.9 Å². The van der Waals surface area contributed by atoms with Gasteiger partial charge in [-0.15, -0.1) is 0 Å². The molecule has 0 radical (unpaired) electrons. The van der Waals surface area contributed by atoms with Crippen molar-refractivity contribution in [2.75, 3.05) is 44.7 Å². The number of para-hydroxylation sites is 1.